The molecule has 1 fully saturated rings. The van der Waals surface area contributed by atoms with Crippen LogP contribution in [-0.4, -0.2) is 99.2 Å². The van der Waals surface area contributed by atoms with Gasteiger partial charge in [-0.25, -0.2) is 0 Å². The highest BCUT2D eigenvalue weighted by atomic mass is 16.5. The number of aldehydes is 1. The molecule has 3 unspecified atom stereocenters. The number of hydrogen-bond acceptors (Lipinski definition) is 8. The van der Waals surface area contributed by atoms with Crippen LogP contribution in [0.3, 0.4) is 0 Å². The lowest BCUT2D eigenvalue weighted by molar-refractivity contribution is -0.522. The second kappa shape index (κ2) is 29.4. The zero-order valence-corrected chi connectivity index (χ0v) is 35.3. The third-order valence-corrected chi connectivity index (χ3v) is 8.67. The second-order valence-corrected chi connectivity index (χ2v) is 13.3. The molecule has 4 atom stereocenters. The van der Waals surface area contributed by atoms with Gasteiger partial charge in [-0.15, -0.1) is 0 Å². The average molecular weight is 760 g/mol. The Labute approximate surface area is 329 Å². The molecule has 2 aliphatic heterocycles. The number of nitrogens with one attached hydrogen (secondary N) is 4. The molecule has 0 radical (unpaired) electrons. The number of allylic oxidation sites excluding steroid dienone is 4. The Kier molecular flexibility index (Phi) is 29.7. The predicted octanol–water partition coefficient (Wildman–Crippen LogP) is 5.01. The van der Waals surface area contributed by atoms with E-state index >= 15 is 0 Å². The molecule has 1 aromatic rings. The third-order valence-electron chi connectivity index (χ3n) is 8.67. The van der Waals surface area contributed by atoms with Gasteiger partial charge in [0.05, 0.1) is 43.0 Å². The van der Waals surface area contributed by atoms with Crippen LogP contribution in [0.2, 0.25) is 0 Å². The van der Waals surface area contributed by atoms with Crippen molar-refractivity contribution >= 4 is 18.0 Å². The van der Waals surface area contributed by atoms with Crippen LogP contribution in [0.25, 0.3) is 0 Å². The summed E-state index contributed by atoms with van der Waals surface area (Å²) in [6.45, 7) is 29.8. The summed E-state index contributed by atoms with van der Waals surface area (Å²) < 4.78 is 11.1. The standard InChI is InChI=1S/C25H39N5O3.C10H14O2.C3H8.C2H7N.C2H6.CH4/c1-7-20(26)29-19(14-27-8-2)25(5)22(31)18(15-30(25)6)28-23(32)16-10-9-11-17-21(16)33-13-12-24(17,3)4;1-4-10(12-5-2)7-6-9(3)8-11;2*1-3-2;1-2;/h8-11,18-19,22,27,31H,2,7,12-15H2,1,3-6H3,(H2,26,29)(H,28,32);4,6-8H,3,5H2,1-2H3;3H2,1-2H3;3H,1-2H3;1-2H3;1H4/p+1/b;7-6-,10-4+;;;;/t18-,19?,22?,25?;;;;;/m1...../s1. The smallest absolute Gasteiger partial charge is 0.255 e. The van der Waals surface area contributed by atoms with E-state index in [2.05, 4.69) is 66.7 Å². The number of rotatable bonds is 13. The first kappa shape index (κ1) is 54.4. The van der Waals surface area contributed by atoms with E-state index in [4.69, 9.17) is 15.2 Å². The molecule has 0 aliphatic carbocycles. The molecular weight excluding hydrogens is 681 g/mol. The molecule has 2 aliphatic rings. The Morgan fingerprint density at radius 3 is 2.28 bits per heavy atom. The van der Waals surface area contributed by atoms with E-state index in [9.17, 15) is 14.7 Å². The second-order valence-electron chi connectivity index (χ2n) is 13.3. The number of aliphatic hydroxyl groups excluding tert-OH is 1. The van der Waals surface area contributed by atoms with Crippen LogP contribution in [0.1, 0.15) is 112 Å². The summed E-state index contributed by atoms with van der Waals surface area (Å²) in [7, 11) is 5.70. The SMILES string of the molecule is C.C=C(C=O)/C=C\C(=C/C)OCC.C=CNCC([NH+]=C(N)CC)C1(C)C(O)[C@H](NC(=O)c2cccc3c2OCCC3(C)C)CN1C.CC.CCC.CNC. The number of amides is 1. The molecule has 11 nitrogen and oxygen atoms in total. The van der Waals surface area contributed by atoms with Crippen LogP contribution in [-0.2, 0) is 14.9 Å². The van der Waals surface area contributed by atoms with Gasteiger partial charge >= 0.3 is 0 Å². The van der Waals surface area contributed by atoms with Crippen LogP contribution in [0.15, 0.2) is 67.1 Å². The first-order valence-corrected chi connectivity index (χ1v) is 19.0. The van der Waals surface area contributed by atoms with Gasteiger partial charge < -0.3 is 30.5 Å². The highest BCUT2D eigenvalue weighted by molar-refractivity contribution is 5.98. The van der Waals surface area contributed by atoms with Gasteiger partial charge in [-0.05, 0) is 84.2 Å². The highest BCUT2D eigenvalue weighted by Gasteiger charge is 2.54. The summed E-state index contributed by atoms with van der Waals surface area (Å²) in [5, 5.41) is 20.4. The number of benzene rings is 1. The van der Waals surface area contributed by atoms with E-state index in [0.717, 1.165) is 17.7 Å². The van der Waals surface area contributed by atoms with Gasteiger partial charge in [0.15, 0.2) is 0 Å². The van der Waals surface area contributed by atoms with Gasteiger partial charge in [0.2, 0.25) is 5.84 Å². The Morgan fingerprint density at radius 1 is 1.19 bits per heavy atom. The Balaban J connectivity index is -0.00000103. The largest absolute Gasteiger partial charge is 0.494 e. The van der Waals surface area contributed by atoms with Crippen molar-refractivity contribution in [1.29, 1.82) is 0 Å². The van der Waals surface area contributed by atoms with E-state index in [0.29, 0.717) is 61.7 Å². The molecule has 0 aromatic heterocycles. The lowest BCUT2D eigenvalue weighted by atomic mass is 9.79. The zero-order chi connectivity index (χ0) is 41.2. The number of likely N-dealkylation sites (N-methyl/N-ethyl adjacent to an activating group) is 1. The van der Waals surface area contributed by atoms with Crippen molar-refractivity contribution in [3.63, 3.8) is 0 Å². The van der Waals surface area contributed by atoms with Gasteiger partial charge in [0.25, 0.3) is 5.91 Å². The van der Waals surface area contributed by atoms with Crippen LogP contribution in [0, 0.1) is 0 Å². The molecule has 1 aromatic carbocycles. The first-order chi connectivity index (χ1) is 25.1. The number of ether oxygens (including phenoxy) is 2. The monoisotopic (exact) mass is 760 g/mol. The number of nitrogens with two attached hydrogens (primary N) is 1. The number of aliphatic hydroxyl groups is 1. The van der Waals surface area contributed by atoms with Crippen LogP contribution < -0.4 is 31.4 Å². The van der Waals surface area contributed by atoms with E-state index < -0.39 is 17.7 Å². The summed E-state index contributed by atoms with van der Waals surface area (Å²) >= 11 is 0. The van der Waals surface area contributed by atoms with Crippen molar-refractivity contribution < 1.29 is 29.2 Å². The van der Waals surface area contributed by atoms with Crippen molar-refractivity contribution in [2.75, 3.05) is 47.4 Å². The summed E-state index contributed by atoms with van der Waals surface area (Å²) in [5.41, 5.74) is 7.37. The summed E-state index contributed by atoms with van der Waals surface area (Å²) in [6, 6.07) is 5.06. The normalized spacial score (nSPS) is 20.4. The van der Waals surface area contributed by atoms with E-state index in [1.54, 1.807) is 24.4 Å². The molecule has 2 heterocycles. The maximum Gasteiger partial charge on any atom is 0.255 e. The molecule has 310 valence electrons. The number of carbonyl (C=O) groups excluding carboxylic acids is 2. The number of amidine groups is 1. The number of hydrogen-bond donors (Lipinski definition) is 6. The van der Waals surface area contributed by atoms with Crippen molar-refractivity contribution in [2.45, 2.75) is 125 Å². The van der Waals surface area contributed by atoms with Crippen molar-refractivity contribution in [1.82, 2.24) is 20.9 Å². The maximum atomic E-state index is 13.3. The highest BCUT2D eigenvalue weighted by Crippen LogP contribution is 2.40. The molecule has 0 bridgehead atoms. The molecule has 1 amide bonds. The van der Waals surface area contributed by atoms with Crippen molar-refractivity contribution in [3.05, 3.63) is 78.2 Å². The van der Waals surface area contributed by atoms with Crippen molar-refractivity contribution in [2.24, 2.45) is 5.73 Å². The Hall–Kier alpha value is -3.93. The number of para-hydroxylation sites is 1. The lowest BCUT2D eigenvalue weighted by Crippen LogP contribution is -2.90. The quantitative estimate of drug-likeness (QED) is 0.0407. The van der Waals surface area contributed by atoms with Gasteiger partial charge in [0.1, 0.15) is 23.8 Å². The average Bonchev–Trinajstić information content (AvgIpc) is 3.36. The molecule has 11 heteroatoms. The van der Waals surface area contributed by atoms with Crippen LogP contribution >= 0.6 is 0 Å². The van der Waals surface area contributed by atoms with Crippen LogP contribution in [0.5, 0.6) is 5.75 Å². The molecular formula is C43H79N6O5+. The minimum absolute atomic E-state index is 0. The van der Waals surface area contributed by atoms with Gasteiger partial charge in [-0.2, -0.15) is 0 Å². The first-order valence-electron chi connectivity index (χ1n) is 19.0. The number of fused-ring (bicyclic) bond motifs is 1. The topological polar surface area (TPSA) is 152 Å². The Morgan fingerprint density at radius 2 is 1.78 bits per heavy atom. The third kappa shape index (κ3) is 17.0. The maximum absolute atomic E-state index is 13.3. The van der Waals surface area contributed by atoms with Gasteiger partial charge in [-0.1, -0.05) is 87.6 Å². The fourth-order valence-electron chi connectivity index (χ4n) is 5.57. The Bertz CT molecular complexity index is 1320. The molecule has 0 saturated carbocycles. The summed E-state index contributed by atoms with van der Waals surface area (Å²) in [6.07, 6.45) is 9.51. The fourth-order valence-corrected chi connectivity index (χ4v) is 5.57. The summed E-state index contributed by atoms with van der Waals surface area (Å²) in [4.78, 5) is 28.9. The number of likely N-dealkylation sites (tertiary alicyclic amines) is 1. The molecule has 1 saturated heterocycles. The zero-order valence-electron chi connectivity index (χ0n) is 35.3. The minimum Gasteiger partial charge on any atom is -0.494 e. The molecule has 0 spiro atoms. The van der Waals surface area contributed by atoms with E-state index in [1.165, 1.54) is 6.42 Å². The fraction of sp³-hybridized carbons (Fsp3) is 0.605. The predicted molar refractivity (Wildman–Crippen MR) is 229 cm³/mol. The molecule has 3 rings (SSSR count). The number of carbonyl (C=O) groups is 2. The molecule has 7 N–H and O–H groups in total. The minimum atomic E-state index is -0.822. The van der Waals surface area contributed by atoms with Crippen molar-refractivity contribution in [3.8, 4) is 5.75 Å². The van der Waals surface area contributed by atoms with Crippen LogP contribution in [0.4, 0.5) is 0 Å². The molecule has 54 heavy (non-hydrogen) atoms. The summed E-state index contributed by atoms with van der Waals surface area (Å²) in [5.74, 6) is 1.81. The van der Waals surface area contributed by atoms with Gasteiger partial charge in [0, 0.05) is 24.1 Å². The van der Waals surface area contributed by atoms with E-state index in [1.807, 2.05) is 80.9 Å². The number of nitrogens with zero attached hydrogens (tertiary/aromatic N) is 1. The lowest BCUT2D eigenvalue weighted by Gasteiger charge is -2.39. The van der Waals surface area contributed by atoms with Gasteiger partial charge in [-0.3, -0.25) is 25.2 Å². The van der Waals surface area contributed by atoms with E-state index in [-0.39, 0.29) is 24.8 Å².